The third-order valence-corrected chi connectivity index (χ3v) is 2.69. The second kappa shape index (κ2) is 6.30. The van der Waals surface area contributed by atoms with E-state index in [1.165, 1.54) is 0 Å². The van der Waals surface area contributed by atoms with E-state index in [0.717, 1.165) is 0 Å². The van der Waals surface area contributed by atoms with Crippen molar-refractivity contribution in [3.05, 3.63) is 0 Å². The van der Waals surface area contributed by atoms with Crippen molar-refractivity contribution < 1.29 is 19.0 Å². The van der Waals surface area contributed by atoms with E-state index in [4.69, 9.17) is 10.2 Å². The molecule has 0 saturated carbocycles. The van der Waals surface area contributed by atoms with Crippen molar-refractivity contribution in [1.29, 1.82) is 0 Å². The van der Waals surface area contributed by atoms with E-state index in [0.29, 0.717) is 12.8 Å². The van der Waals surface area contributed by atoms with E-state index in [1.807, 2.05) is 6.92 Å². The molecule has 0 aromatic heterocycles. The Morgan fingerprint density at radius 3 is 2.14 bits per heavy atom. The second-order valence-electron chi connectivity index (χ2n) is 3.65. The summed E-state index contributed by atoms with van der Waals surface area (Å²) in [7, 11) is 0. The van der Waals surface area contributed by atoms with Crippen LogP contribution in [0.15, 0.2) is 0 Å². The molecule has 0 saturated heterocycles. The minimum Gasteiger partial charge on any atom is -0.445 e. The normalized spacial score (nSPS) is 16.7. The van der Waals surface area contributed by atoms with Crippen molar-refractivity contribution in [2.45, 2.75) is 39.0 Å². The number of aliphatic hydroxyl groups is 1. The first-order valence-corrected chi connectivity index (χ1v) is 5.17. The molecule has 0 heterocycles. The van der Waals surface area contributed by atoms with Crippen LogP contribution in [0, 0.1) is 11.8 Å². The van der Waals surface area contributed by atoms with E-state index >= 15 is 0 Å². The fourth-order valence-electron chi connectivity index (χ4n) is 1.64. The fraction of sp³-hybridized carbons (Fsp3) is 1.00. The van der Waals surface area contributed by atoms with Crippen molar-refractivity contribution in [2.24, 2.45) is 11.8 Å². The van der Waals surface area contributed by atoms with Gasteiger partial charge in [-0.3, -0.25) is 0 Å². The number of hydrogen-bond acceptors (Lipinski definition) is 1. The molecular formula is C10H21F2O2+. The van der Waals surface area contributed by atoms with E-state index in [1.54, 1.807) is 6.92 Å². The van der Waals surface area contributed by atoms with Crippen LogP contribution in [0.5, 0.6) is 0 Å². The summed E-state index contributed by atoms with van der Waals surface area (Å²) < 4.78 is 27.3. The minimum atomic E-state index is -2.90. The summed E-state index contributed by atoms with van der Waals surface area (Å²) in [5, 5.41) is 15.9. The van der Waals surface area contributed by atoms with Gasteiger partial charge in [-0.1, -0.05) is 20.3 Å². The van der Waals surface area contributed by atoms with E-state index in [-0.39, 0.29) is 13.0 Å². The van der Waals surface area contributed by atoms with Gasteiger partial charge in [0.15, 0.2) is 6.61 Å². The molecule has 0 fully saturated rings. The van der Waals surface area contributed by atoms with Gasteiger partial charge in [0.1, 0.15) is 0 Å². The highest BCUT2D eigenvalue weighted by molar-refractivity contribution is 4.83. The lowest BCUT2D eigenvalue weighted by atomic mass is 9.86. The zero-order chi connectivity index (χ0) is 11.2. The highest BCUT2D eigenvalue weighted by atomic mass is 19.3. The summed E-state index contributed by atoms with van der Waals surface area (Å²) in [6.07, 6.45) is 1.24. The molecule has 0 aromatic rings. The van der Waals surface area contributed by atoms with Crippen molar-refractivity contribution in [1.82, 2.24) is 0 Å². The summed E-state index contributed by atoms with van der Waals surface area (Å²) >= 11 is 0. The van der Waals surface area contributed by atoms with E-state index in [2.05, 4.69) is 0 Å². The average molecular weight is 211 g/mol. The first-order chi connectivity index (χ1) is 6.54. The number of hydrogen-bond donors (Lipinski definition) is 1. The van der Waals surface area contributed by atoms with Crippen LogP contribution in [0.4, 0.5) is 8.78 Å². The quantitative estimate of drug-likeness (QED) is 0.641. The van der Waals surface area contributed by atoms with Gasteiger partial charge in [-0.15, -0.1) is 0 Å². The average Bonchev–Trinajstić information content (AvgIpc) is 2.15. The molecule has 0 rings (SSSR count). The van der Waals surface area contributed by atoms with Gasteiger partial charge < -0.3 is 10.2 Å². The molecule has 0 aliphatic heterocycles. The SMILES string of the molecule is CCCC(CO)C(F)(F)C(CC)C[OH2+]. The maximum absolute atomic E-state index is 13.7. The molecular weight excluding hydrogens is 190 g/mol. The molecule has 4 heteroatoms. The molecule has 0 amide bonds. The highest BCUT2D eigenvalue weighted by Crippen LogP contribution is 2.36. The zero-order valence-corrected chi connectivity index (χ0v) is 8.89. The lowest BCUT2D eigenvalue weighted by Crippen LogP contribution is -2.40. The Balaban J connectivity index is 4.51. The molecule has 0 spiro atoms. The molecule has 3 N–H and O–H groups in total. The van der Waals surface area contributed by atoms with Crippen LogP contribution in [0.1, 0.15) is 33.1 Å². The topological polar surface area (TPSA) is 43.1 Å². The van der Waals surface area contributed by atoms with Gasteiger partial charge in [0.05, 0.1) is 12.5 Å². The molecule has 2 nitrogen and oxygen atoms in total. The standard InChI is InChI=1S/C10H20F2O2/c1-3-5-9(7-14)10(11,12)8(4-2)6-13/h8-9,13-14H,3-7H2,1-2H3/p+1. The minimum absolute atomic E-state index is 0.274. The Kier molecular flexibility index (Phi) is 6.20. The molecule has 0 aliphatic carbocycles. The molecule has 0 bridgehead atoms. The molecule has 86 valence electrons. The number of aliphatic hydroxyl groups excluding tert-OH is 1. The Bertz CT molecular complexity index is 147. The van der Waals surface area contributed by atoms with E-state index < -0.39 is 24.4 Å². The van der Waals surface area contributed by atoms with Crippen LogP contribution in [0.25, 0.3) is 0 Å². The monoisotopic (exact) mass is 211 g/mol. The number of halogens is 2. The van der Waals surface area contributed by atoms with Gasteiger partial charge in [-0.2, -0.15) is 0 Å². The molecule has 0 radical (unpaired) electrons. The van der Waals surface area contributed by atoms with Gasteiger partial charge in [0.2, 0.25) is 0 Å². The van der Waals surface area contributed by atoms with Crippen molar-refractivity contribution >= 4 is 0 Å². The third kappa shape index (κ3) is 3.17. The van der Waals surface area contributed by atoms with Crippen LogP contribution < -0.4 is 0 Å². The number of rotatable bonds is 7. The summed E-state index contributed by atoms with van der Waals surface area (Å²) in [4.78, 5) is 0. The molecule has 0 aromatic carbocycles. The van der Waals surface area contributed by atoms with Gasteiger partial charge >= 0.3 is 0 Å². The van der Waals surface area contributed by atoms with Crippen molar-refractivity contribution in [2.75, 3.05) is 13.2 Å². The molecule has 0 aliphatic rings. The van der Waals surface area contributed by atoms with Crippen LogP contribution in [-0.2, 0) is 0 Å². The molecule has 14 heavy (non-hydrogen) atoms. The summed E-state index contributed by atoms with van der Waals surface area (Å²) in [6, 6.07) is 0. The molecule has 2 unspecified atom stereocenters. The smallest absolute Gasteiger partial charge is 0.263 e. The maximum atomic E-state index is 13.7. The Labute approximate surface area is 83.9 Å². The Morgan fingerprint density at radius 1 is 1.29 bits per heavy atom. The van der Waals surface area contributed by atoms with Crippen LogP contribution in [0.2, 0.25) is 0 Å². The van der Waals surface area contributed by atoms with Gasteiger partial charge in [-0.05, 0) is 12.8 Å². The van der Waals surface area contributed by atoms with Gasteiger partial charge in [0.25, 0.3) is 5.92 Å². The predicted octanol–water partition coefficient (Wildman–Crippen LogP) is 1.78. The molecule has 2 atom stereocenters. The van der Waals surface area contributed by atoms with E-state index in [9.17, 15) is 8.78 Å². The van der Waals surface area contributed by atoms with Crippen molar-refractivity contribution in [3.8, 4) is 0 Å². The van der Waals surface area contributed by atoms with Crippen molar-refractivity contribution in [3.63, 3.8) is 0 Å². The Morgan fingerprint density at radius 2 is 1.86 bits per heavy atom. The number of alkyl halides is 2. The van der Waals surface area contributed by atoms with Crippen LogP contribution in [0.3, 0.4) is 0 Å². The first kappa shape index (κ1) is 13.8. The zero-order valence-electron chi connectivity index (χ0n) is 8.89. The predicted molar refractivity (Wildman–Crippen MR) is 52.7 cm³/mol. The fourth-order valence-corrected chi connectivity index (χ4v) is 1.64. The lowest BCUT2D eigenvalue weighted by molar-refractivity contribution is -0.136. The van der Waals surface area contributed by atoms with Crippen LogP contribution >= 0.6 is 0 Å². The van der Waals surface area contributed by atoms with Gasteiger partial charge in [-0.25, -0.2) is 8.78 Å². The Hall–Kier alpha value is -0.220. The lowest BCUT2D eigenvalue weighted by Gasteiger charge is -2.29. The summed E-state index contributed by atoms with van der Waals surface area (Å²) in [5.74, 6) is -4.81. The van der Waals surface area contributed by atoms with Crippen LogP contribution in [-0.4, -0.2) is 29.3 Å². The largest absolute Gasteiger partial charge is 0.445 e. The highest BCUT2D eigenvalue weighted by Gasteiger charge is 2.46. The maximum Gasteiger partial charge on any atom is 0.263 e. The summed E-state index contributed by atoms with van der Waals surface area (Å²) in [5.41, 5.74) is 0. The second-order valence-corrected chi connectivity index (χ2v) is 3.65. The third-order valence-electron chi connectivity index (χ3n) is 2.69. The first-order valence-electron chi connectivity index (χ1n) is 5.17. The van der Waals surface area contributed by atoms with Gasteiger partial charge in [0, 0.05) is 5.92 Å². The summed E-state index contributed by atoms with van der Waals surface area (Å²) in [6.45, 7) is 2.72.